The van der Waals surface area contributed by atoms with Crippen LogP contribution in [0.5, 0.6) is 0 Å². The number of nitrogens with zero attached hydrogens (tertiary/aromatic N) is 5. The van der Waals surface area contributed by atoms with Gasteiger partial charge in [0.05, 0.1) is 16.8 Å². The molecule has 1 aliphatic carbocycles. The van der Waals surface area contributed by atoms with Gasteiger partial charge >= 0.3 is 5.69 Å². The van der Waals surface area contributed by atoms with Crippen molar-refractivity contribution < 1.29 is 0 Å². The molecule has 2 N–H and O–H groups in total. The Balaban J connectivity index is 0.000000203. The Labute approximate surface area is 158 Å². The van der Waals surface area contributed by atoms with Crippen LogP contribution in [-0.2, 0) is 0 Å². The van der Waals surface area contributed by atoms with Crippen LogP contribution in [-0.4, -0.2) is 29.5 Å². The second-order valence-electron chi connectivity index (χ2n) is 6.29. The molecule has 0 aromatic carbocycles. The molecule has 1 saturated carbocycles. The molecule has 4 aromatic rings. The Morgan fingerprint density at radius 3 is 2.75 bits per heavy atom. The summed E-state index contributed by atoms with van der Waals surface area (Å²) in [5.74, 6) is 0.489. The van der Waals surface area contributed by atoms with Crippen molar-refractivity contribution in [1.29, 1.82) is 5.26 Å². The summed E-state index contributed by atoms with van der Waals surface area (Å²) in [5, 5.41) is 12.6. The van der Waals surface area contributed by atoms with Gasteiger partial charge in [0.15, 0.2) is 5.65 Å². The van der Waals surface area contributed by atoms with Crippen molar-refractivity contribution in [2.45, 2.75) is 18.8 Å². The normalized spacial score (nSPS) is 12.8. The number of H-pyrrole nitrogens is 2. The zero-order chi connectivity index (χ0) is 19.5. The van der Waals surface area contributed by atoms with Crippen LogP contribution >= 0.6 is 0 Å². The maximum Gasteiger partial charge on any atom is 0.325 e. The molecule has 0 spiro atoms. The van der Waals surface area contributed by atoms with E-state index in [4.69, 9.17) is 5.26 Å². The summed E-state index contributed by atoms with van der Waals surface area (Å²) in [4.78, 5) is 35.7. The van der Waals surface area contributed by atoms with Gasteiger partial charge in [-0.25, -0.2) is 14.3 Å². The number of hydrogen-bond acceptors (Lipinski definition) is 6. The number of nitriles is 1. The molecule has 0 aliphatic heterocycles. The highest BCUT2D eigenvalue weighted by Gasteiger charge is 2.27. The molecule has 138 valence electrons. The first-order chi connectivity index (χ1) is 13.7. The number of nitrogens with one attached hydrogen (secondary N) is 2. The highest BCUT2D eigenvalue weighted by Crippen LogP contribution is 2.42. The predicted molar refractivity (Wildman–Crippen MR) is 101 cm³/mol. The Hall–Kier alpha value is -4.06. The summed E-state index contributed by atoms with van der Waals surface area (Å²) in [6.45, 7) is 0. The lowest BCUT2D eigenvalue weighted by atomic mass is 10.1. The summed E-state index contributed by atoms with van der Waals surface area (Å²) >= 11 is 0. The predicted octanol–water partition coefficient (Wildman–Crippen LogP) is 1.60. The molecule has 0 atom stereocenters. The minimum Gasteiger partial charge on any atom is -0.313 e. The first-order valence-electron chi connectivity index (χ1n) is 8.62. The minimum atomic E-state index is -0.523. The first kappa shape index (κ1) is 17.4. The largest absolute Gasteiger partial charge is 0.325 e. The van der Waals surface area contributed by atoms with Gasteiger partial charge in [0.1, 0.15) is 6.07 Å². The lowest BCUT2D eigenvalue weighted by Gasteiger charge is -2.05. The van der Waals surface area contributed by atoms with Crippen LogP contribution in [0.1, 0.15) is 29.9 Å². The van der Waals surface area contributed by atoms with Gasteiger partial charge in [-0.1, -0.05) is 0 Å². The fourth-order valence-electron chi connectivity index (χ4n) is 2.80. The molecule has 4 heterocycles. The zero-order valence-electron chi connectivity index (χ0n) is 14.7. The molecule has 4 aromatic heterocycles. The van der Waals surface area contributed by atoms with E-state index in [9.17, 15) is 9.59 Å². The monoisotopic (exact) mass is 373 g/mol. The lowest BCUT2D eigenvalue weighted by Crippen LogP contribution is -2.23. The maximum atomic E-state index is 11.9. The molecule has 0 bridgehead atoms. The van der Waals surface area contributed by atoms with Gasteiger partial charge in [-0.05, 0) is 37.0 Å². The van der Waals surface area contributed by atoms with Gasteiger partial charge in [-0.15, -0.1) is 0 Å². The van der Waals surface area contributed by atoms with Crippen LogP contribution in [0.25, 0.3) is 16.9 Å². The summed E-state index contributed by atoms with van der Waals surface area (Å²) in [6.07, 6.45) is 10.3. The van der Waals surface area contributed by atoms with Crippen molar-refractivity contribution in [3.63, 3.8) is 0 Å². The highest BCUT2D eigenvalue weighted by atomic mass is 16.2. The Kier molecular flexibility index (Phi) is 4.51. The van der Waals surface area contributed by atoms with Gasteiger partial charge in [-0.3, -0.25) is 14.8 Å². The second kappa shape index (κ2) is 7.28. The second-order valence-corrected chi connectivity index (χ2v) is 6.29. The molecule has 9 nitrogen and oxygen atoms in total. The Bertz CT molecular complexity index is 1280. The van der Waals surface area contributed by atoms with Crippen LogP contribution in [0, 0.1) is 11.3 Å². The average Bonchev–Trinajstić information content (AvgIpc) is 3.45. The van der Waals surface area contributed by atoms with E-state index in [2.05, 4.69) is 25.0 Å². The summed E-state index contributed by atoms with van der Waals surface area (Å²) in [5.41, 5.74) is 2.46. The van der Waals surface area contributed by atoms with Crippen molar-refractivity contribution in [2.75, 3.05) is 0 Å². The summed E-state index contributed by atoms with van der Waals surface area (Å²) < 4.78 is 1.67. The standard InChI is InChI=1S/C13H11N5O2.C6H4N2/c19-12-9(6-15-13(20)16-12)10-5-8(7-1-2-7)11-14-3-4-18(11)17-10;7-4-6-2-1-3-8-5-6/h3-7H,1-2H2,(H2,15,16,19,20);1-3,5H. The van der Waals surface area contributed by atoms with Gasteiger partial charge in [0, 0.05) is 36.5 Å². The van der Waals surface area contributed by atoms with Gasteiger partial charge in [-0.2, -0.15) is 10.4 Å². The Morgan fingerprint density at radius 2 is 2.11 bits per heavy atom. The molecule has 5 rings (SSSR count). The molecular formula is C19H15N7O2. The van der Waals surface area contributed by atoms with Crippen LogP contribution < -0.4 is 11.2 Å². The molecule has 0 saturated heterocycles. The van der Waals surface area contributed by atoms with Gasteiger partial charge < -0.3 is 4.98 Å². The van der Waals surface area contributed by atoms with Crippen LogP contribution in [0.3, 0.4) is 0 Å². The number of aromatic amines is 2. The molecule has 1 fully saturated rings. The van der Waals surface area contributed by atoms with Crippen molar-refractivity contribution in [3.8, 4) is 17.3 Å². The SMILES string of the molecule is N#Cc1cccnc1.O=c1[nH]cc(-c2cc(C3CC3)c3nccn3n2)c(=O)[nH]1. The van der Waals surface area contributed by atoms with E-state index in [1.807, 2.05) is 12.1 Å². The minimum absolute atomic E-state index is 0.349. The fourth-order valence-corrected chi connectivity index (χ4v) is 2.80. The molecule has 28 heavy (non-hydrogen) atoms. The molecule has 1 aliphatic rings. The van der Waals surface area contributed by atoms with E-state index >= 15 is 0 Å². The number of fused-ring (bicyclic) bond motifs is 1. The van der Waals surface area contributed by atoms with Crippen molar-refractivity contribution in [3.05, 3.63) is 81.1 Å². The average molecular weight is 373 g/mol. The number of pyridine rings is 1. The third-order valence-electron chi connectivity index (χ3n) is 4.29. The number of aromatic nitrogens is 6. The maximum absolute atomic E-state index is 11.9. The third-order valence-corrected chi connectivity index (χ3v) is 4.29. The molecule has 0 unspecified atom stereocenters. The van der Waals surface area contributed by atoms with Crippen LogP contribution in [0.2, 0.25) is 0 Å². The number of rotatable bonds is 2. The van der Waals surface area contributed by atoms with E-state index in [-0.39, 0.29) is 0 Å². The van der Waals surface area contributed by atoms with Crippen LogP contribution in [0.4, 0.5) is 0 Å². The summed E-state index contributed by atoms with van der Waals surface area (Å²) in [6, 6.07) is 7.31. The van der Waals surface area contributed by atoms with Gasteiger partial charge in [0.2, 0.25) is 0 Å². The van der Waals surface area contributed by atoms with E-state index in [1.165, 1.54) is 12.4 Å². The van der Waals surface area contributed by atoms with Gasteiger partial charge in [0.25, 0.3) is 5.56 Å². The highest BCUT2D eigenvalue weighted by molar-refractivity contribution is 5.62. The summed E-state index contributed by atoms with van der Waals surface area (Å²) in [7, 11) is 0. The van der Waals surface area contributed by atoms with E-state index in [0.717, 1.165) is 24.1 Å². The van der Waals surface area contributed by atoms with Crippen molar-refractivity contribution >= 4 is 5.65 Å². The number of hydrogen-bond donors (Lipinski definition) is 2. The topological polar surface area (TPSA) is 133 Å². The molecular weight excluding hydrogens is 358 g/mol. The first-order valence-corrected chi connectivity index (χ1v) is 8.62. The Morgan fingerprint density at radius 1 is 1.25 bits per heavy atom. The fraction of sp³-hybridized carbons (Fsp3) is 0.158. The van der Waals surface area contributed by atoms with E-state index < -0.39 is 11.2 Å². The number of imidazole rings is 1. The van der Waals surface area contributed by atoms with E-state index in [0.29, 0.717) is 22.7 Å². The molecule has 0 amide bonds. The van der Waals surface area contributed by atoms with Crippen molar-refractivity contribution in [1.82, 2.24) is 29.5 Å². The quantitative estimate of drug-likeness (QED) is 0.548. The van der Waals surface area contributed by atoms with E-state index in [1.54, 1.807) is 35.2 Å². The third kappa shape index (κ3) is 3.57. The zero-order valence-corrected chi connectivity index (χ0v) is 14.7. The molecule has 0 radical (unpaired) electrons. The smallest absolute Gasteiger partial charge is 0.313 e. The molecule has 9 heteroatoms. The lowest BCUT2D eigenvalue weighted by molar-refractivity contribution is 0.913. The van der Waals surface area contributed by atoms with Crippen LogP contribution in [0.15, 0.2) is 58.8 Å². The van der Waals surface area contributed by atoms with Crippen molar-refractivity contribution in [2.24, 2.45) is 0 Å².